The van der Waals surface area contributed by atoms with Gasteiger partial charge >= 0.3 is 5.97 Å². The molecule has 0 aromatic rings. The number of fused-ring (bicyclic) bond motifs is 2. The molecular formula is C22H34O7. The third-order valence-electron chi connectivity index (χ3n) is 9.83. The van der Waals surface area contributed by atoms with Crippen molar-refractivity contribution in [3.05, 3.63) is 0 Å². The molecule has 10 atom stereocenters. The Hall–Kier alpha value is -0.730. The van der Waals surface area contributed by atoms with Crippen molar-refractivity contribution in [3.8, 4) is 0 Å². The molecule has 0 amide bonds. The Bertz CT molecular complexity index is 724. The Balaban J connectivity index is 1.70. The van der Waals surface area contributed by atoms with E-state index < -0.39 is 34.7 Å². The fourth-order valence-electron chi connectivity index (χ4n) is 8.67. The molecule has 0 aromatic heterocycles. The second-order valence-electron chi connectivity index (χ2n) is 11.1. The smallest absolute Gasteiger partial charge is 0.302 e. The minimum absolute atomic E-state index is 0.0478. The number of carbonyl (C=O) groups is 1. The molecule has 4 bridgehead atoms. The fraction of sp³-hybridized carbons (Fsp3) is 0.955. The van der Waals surface area contributed by atoms with Crippen molar-refractivity contribution in [2.75, 3.05) is 13.2 Å². The molecular weight excluding hydrogens is 376 g/mol. The molecule has 2 aliphatic heterocycles. The molecule has 164 valence electrons. The van der Waals surface area contributed by atoms with Gasteiger partial charge in [-0.1, -0.05) is 13.8 Å². The SMILES string of the molecule is CC(=O)OC1CCC(C)(C)C2CC3(O)OCC12C1CC(O)C2CC13C(O)C2CO. The first-order chi connectivity index (χ1) is 13.5. The van der Waals surface area contributed by atoms with E-state index in [1.54, 1.807) is 0 Å². The van der Waals surface area contributed by atoms with E-state index in [0.717, 1.165) is 6.42 Å². The number of carbonyl (C=O) groups excluding carboxylic acids is 1. The highest BCUT2D eigenvalue weighted by molar-refractivity contribution is 5.66. The third kappa shape index (κ3) is 2.19. The summed E-state index contributed by atoms with van der Waals surface area (Å²) in [6.07, 6.45) is 0.809. The van der Waals surface area contributed by atoms with Crippen LogP contribution in [-0.4, -0.2) is 63.7 Å². The van der Waals surface area contributed by atoms with Crippen molar-refractivity contribution < 1.29 is 34.7 Å². The predicted octanol–water partition coefficient (Wildman–Crippen LogP) is 0.820. The number of hydrogen-bond donors (Lipinski definition) is 4. The monoisotopic (exact) mass is 410 g/mol. The maximum Gasteiger partial charge on any atom is 0.302 e. The number of aliphatic hydroxyl groups is 4. The zero-order valence-corrected chi connectivity index (χ0v) is 17.5. The van der Waals surface area contributed by atoms with E-state index >= 15 is 0 Å². The van der Waals surface area contributed by atoms with E-state index in [2.05, 4.69) is 13.8 Å². The number of hydrogen-bond acceptors (Lipinski definition) is 7. The lowest BCUT2D eigenvalue weighted by atomic mass is 9.36. The van der Waals surface area contributed by atoms with Gasteiger partial charge in [0.2, 0.25) is 0 Å². The van der Waals surface area contributed by atoms with Gasteiger partial charge in [0, 0.05) is 31.3 Å². The lowest BCUT2D eigenvalue weighted by molar-refractivity contribution is -0.437. The maximum atomic E-state index is 12.0. The van der Waals surface area contributed by atoms with Crippen LogP contribution in [0.4, 0.5) is 0 Å². The molecule has 2 spiro atoms. The lowest BCUT2D eigenvalue weighted by Gasteiger charge is -2.74. The van der Waals surface area contributed by atoms with E-state index in [9.17, 15) is 25.2 Å². The summed E-state index contributed by atoms with van der Waals surface area (Å²) in [6.45, 7) is 5.84. The van der Waals surface area contributed by atoms with Gasteiger partial charge in [0.15, 0.2) is 5.79 Å². The summed E-state index contributed by atoms with van der Waals surface area (Å²) < 4.78 is 12.0. The zero-order chi connectivity index (χ0) is 21.0. The second-order valence-corrected chi connectivity index (χ2v) is 11.1. The topological polar surface area (TPSA) is 116 Å². The van der Waals surface area contributed by atoms with Crippen LogP contribution < -0.4 is 0 Å². The first-order valence-electron chi connectivity index (χ1n) is 11.0. The standard InChI is InChI=1S/C22H34O7/c1-11(24)29-17-4-5-19(2,3)16-8-22(27)21-7-12(13(9-23)18(21)26)14(25)6-15(21)20(16,17)10-28-22/h12-18,23,25-27H,4-10H2,1-3H3. The van der Waals surface area contributed by atoms with E-state index in [1.165, 1.54) is 6.92 Å². The average Bonchev–Trinajstić information content (AvgIpc) is 2.90. The molecule has 2 saturated heterocycles. The molecule has 6 aliphatic rings. The van der Waals surface area contributed by atoms with E-state index in [4.69, 9.17) is 9.47 Å². The Morgan fingerprint density at radius 2 is 1.93 bits per heavy atom. The number of esters is 1. The first kappa shape index (κ1) is 20.2. The second kappa shape index (κ2) is 5.94. The van der Waals surface area contributed by atoms with Crippen molar-refractivity contribution >= 4 is 5.97 Å². The summed E-state index contributed by atoms with van der Waals surface area (Å²) in [5.41, 5.74) is -1.60. The molecule has 0 aromatic carbocycles. The Morgan fingerprint density at radius 3 is 2.59 bits per heavy atom. The molecule has 4 aliphatic carbocycles. The number of ether oxygens (including phenoxy) is 2. The van der Waals surface area contributed by atoms with Crippen molar-refractivity contribution in [2.24, 2.45) is 39.9 Å². The Labute approximate surface area is 171 Å². The first-order valence-corrected chi connectivity index (χ1v) is 11.0. The van der Waals surface area contributed by atoms with Gasteiger partial charge in [-0.3, -0.25) is 4.79 Å². The highest BCUT2D eigenvalue weighted by Crippen LogP contribution is 2.77. The van der Waals surface area contributed by atoms with Gasteiger partial charge in [-0.25, -0.2) is 0 Å². The Morgan fingerprint density at radius 1 is 1.21 bits per heavy atom. The average molecular weight is 411 g/mol. The van der Waals surface area contributed by atoms with Crippen LogP contribution in [0.5, 0.6) is 0 Å². The van der Waals surface area contributed by atoms with Crippen LogP contribution in [0.25, 0.3) is 0 Å². The van der Waals surface area contributed by atoms with Gasteiger partial charge in [-0.2, -0.15) is 0 Å². The summed E-state index contributed by atoms with van der Waals surface area (Å²) in [4.78, 5) is 12.0. The summed E-state index contributed by atoms with van der Waals surface area (Å²) >= 11 is 0. The van der Waals surface area contributed by atoms with Crippen LogP contribution >= 0.6 is 0 Å². The normalized spacial score (nSPS) is 57.1. The predicted molar refractivity (Wildman–Crippen MR) is 101 cm³/mol. The molecule has 29 heavy (non-hydrogen) atoms. The summed E-state index contributed by atoms with van der Waals surface area (Å²) in [6, 6.07) is 0. The molecule has 6 fully saturated rings. The highest BCUT2D eigenvalue weighted by Gasteiger charge is 2.82. The third-order valence-corrected chi connectivity index (χ3v) is 9.83. The maximum absolute atomic E-state index is 12.0. The fourth-order valence-corrected chi connectivity index (χ4v) is 8.67. The molecule has 2 heterocycles. The molecule has 10 unspecified atom stereocenters. The van der Waals surface area contributed by atoms with Gasteiger partial charge < -0.3 is 29.9 Å². The van der Waals surface area contributed by atoms with Crippen molar-refractivity contribution in [1.29, 1.82) is 0 Å². The van der Waals surface area contributed by atoms with Crippen LogP contribution in [0, 0.1) is 39.9 Å². The number of rotatable bonds is 2. The molecule has 7 heteroatoms. The van der Waals surface area contributed by atoms with Gasteiger partial charge in [0.1, 0.15) is 6.10 Å². The lowest BCUT2D eigenvalue weighted by Crippen LogP contribution is -2.79. The quantitative estimate of drug-likeness (QED) is 0.498. The van der Waals surface area contributed by atoms with Crippen LogP contribution in [0.1, 0.15) is 52.9 Å². The Kier molecular flexibility index (Phi) is 4.14. The zero-order valence-electron chi connectivity index (χ0n) is 17.5. The summed E-state index contributed by atoms with van der Waals surface area (Å²) in [5.74, 6) is -2.78. The van der Waals surface area contributed by atoms with E-state index in [0.29, 0.717) is 25.7 Å². The van der Waals surface area contributed by atoms with Crippen molar-refractivity contribution in [3.63, 3.8) is 0 Å². The molecule has 6 rings (SSSR count). The molecule has 0 radical (unpaired) electrons. The number of aliphatic hydroxyl groups excluding tert-OH is 3. The summed E-state index contributed by atoms with van der Waals surface area (Å²) in [5, 5.41) is 44.2. The minimum atomic E-state index is -1.50. The van der Waals surface area contributed by atoms with E-state index in [1.807, 2.05) is 0 Å². The largest absolute Gasteiger partial charge is 0.462 e. The van der Waals surface area contributed by atoms with Gasteiger partial charge in [0.05, 0.1) is 24.2 Å². The summed E-state index contributed by atoms with van der Waals surface area (Å²) in [7, 11) is 0. The van der Waals surface area contributed by atoms with E-state index in [-0.39, 0.29) is 48.5 Å². The highest BCUT2D eigenvalue weighted by atomic mass is 16.6. The van der Waals surface area contributed by atoms with Crippen molar-refractivity contribution in [2.45, 2.75) is 77.0 Å². The van der Waals surface area contributed by atoms with Gasteiger partial charge in [0.25, 0.3) is 0 Å². The van der Waals surface area contributed by atoms with Crippen molar-refractivity contribution in [1.82, 2.24) is 0 Å². The molecule has 7 nitrogen and oxygen atoms in total. The molecule has 4 N–H and O–H groups in total. The van der Waals surface area contributed by atoms with Gasteiger partial charge in [-0.15, -0.1) is 0 Å². The van der Waals surface area contributed by atoms with Crippen LogP contribution in [-0.2, 0) is 14.3 Å². The van der Waals surface area contributed by atoms with Crippen LogP contribution in [0.2, 0.25) is 0 Å². The van der Waals surface area contributed by atoms with Crippen LogP contribution in [0.3, 0.4) is 0 Å². The van der Waals surface area contributed by atoms with Gasteiger partial charge in [-0.05, 0) is 48.9 Å². The molecule has 4 saturated carbocycles. The van der Waals surface area contributed by atoms with Crippen LogP contribution in [0.15, 0.2) is 0 Å². The minimum Gasteiger partial charge on any atom is -0.462 e.